The van der Waals surface area contributed by atoms with Gasteiger partial charge in [0.15, 0.2) is 0 Å². The Morgan fingerprint density at radius 1 is 1.28 bits per heavy atom. The second kappa shape index (κ2) is 12.8. The fourth-order valence-electron chi connectivity index (χ4n) is 5.47. The molecule has 11 nitrogen and oxygen atoms in total. The van der Waals surface area contributed by atoms with Gasteiger partial charge in [-0.25, -0.2) is 14.4 Å². The van der Waals surface area contributed by atoms with E-state index in [0.29, 0.717) is 59.3 Å². The fourth-order valence-corrected chi connectivity index (χ4v) is 5.67. The molecular formula is C30H34ClFN6O5. The number of hydrogen-bond donors (Lipinski definition) is 4. The number of rotatable bonds is 9. The lowest BCUT2D eigenvalue weighted by Crippen LogP contribution is -2.46. The summed E-state index contributed by atoms with van der Waals surface area (Å²) in [5.41, 5.74) is 2.96. The molecule has 3 heterocycles. The maximum atomic E-state index is 14.0. The topological polar surface area (TPSA) is 140 Å². The van der Waals surface area contributed by atoms with E-state index in [1.54, 1.807) is 35.9 Å². The van der Waals surface area contributed by atoms with E-state index in [1.807, 2.05) is 12.1 Å². The highest BCUT2D eigenvalue weighted by Gasteiger charge is 2.36. The van der Waals surface area contributed by atoms with E-state index < -0.39 is 36.6 Å². The van der Waals surface area contributed by atoms with Gasteiger partial charge in [0.1, 0.15) is 17.8 Å². The first-order valence-electron chi connectivity index (χ1n) is 13.9. The standard InChI is InChI=1S/C30H34ClFN6O5/c1-16(28(41)35-25(15-39)19-8-20(32)11-22(9-19)43-3)38-13-18-5-4-17(10-23(18)29(38)42)27-24(31)12-33-30(36-27)34-21-6-7-26(40)37(2)14-21/h4-5,8-12,16,21,25,29,39,42H,6-7,13-15H2,1-3H3,(H,35,41)(H,33,34,36)/t16-,21?,25-,29?/m1/s1. The summed E-state index contributed by atoms with van der Waals surface area (Å²) in [6.07, 6.45) is 1.54. The van der Waals surface area contributed by atoms with E-state index >= 15 is 0 Å². The van der Waals surface area contributed by atoms with Crippen LogP contribution in [0.1, 0.15) is 48.7 Å². The van der Waals surface area contributed by atoms with Gasteiger partial charge in [0.25, 0.3) is 0 Å². The third-order valence-corrected chi connectivity index (χ3v) is 8.25. The number of anilines is 1. The van der Waals surface area contributed by atoms with Crippen molar-refractivity contribution in [1.82, 2.24) is 25.1 Å². The average Bonchev–Trinajstić information content (AvgIpc) is 3.33. The number of carbonyl (C=O) groups excluding carboxylic acids is 2. The Balaban J connectivity index is 1.30. The lowest BCUT2D eigenvalue weighted by atomic mass is 10.0. The molecule has 4 N–H and O–H groups in total. The van der Waals surface area contributed by atoms with Gasteiger partial charge in [-0.15, -0.1) is 0 Å². The molecule has 2 aliphatic rings. The Morgan fingerprint density at radius 3 is 2.79 bits per heavy atom. The van der Waals surface area contributed by atoms with Gasteiger partial charge in [-0.05, 0) is 42.7 Å². The van der Waals surface area contributed by atoms with Crippen LogP contribution < -0.4 is 15.4 Å². The molecule has 0 bridgehead atoms. The molecule has 0 spiro atoms. The summed E-state index contributed by atoms with van der Waals surface area (Å²) in [4.78, 5) is 37.3. The highest BCUT2D eigenvalue weighted by Crippen LogP contribution is 2.37. The van der Waals surface area contributed by atoms with Crippen LogP contribution in [0.2, 0.25) is 5.02 Å². The molecule has 4 atom stereocenters. The lowest BCUT2D eigenvalue weighted by molar-refractivity contribution is -0.132. The number of amides is 2. The van der Waals surface area contributed by atoms with Crippen LogP contribution in [0.4, 0.5) is 10.3 Å². The Hall–Kier alpha value is -3.84. The maximum absolute atomic E-state index is 14.0. The normalized spacial score (nSPS) is 20.0. The van der Waals surface area contributed by atoms with Gasteiger partial charge in [0.05, 0.1) is 42.7 Å². The molecule has 1 fully saturated rings. The minimum Gasteiger partial charge on any atom is -0.497 e. The highest BCUT2D eigenvalue weighted by atomic mass is 35.5. The van der Waals surface area contributed by atoms with Crippen LogP contribution in [-0.2, 0) is 16.1 Å². The molecule has 1 saturated heterocycles. The molecule has 3 aromatic rings. The number of ether oxygens (including phenoxy) is 1. The monoisotopic (exact) mass is 612 g/mol. The van der Waals surface area contributed by atoms with Crippen molar-refractivity contribution in [3.8, 4) is 17.0 Å². The number of carbonyl (C=O) groups is 2. The lowest BCUT2D eigenvalue weighted by Gasteiger charge is -2.30. The molecule has 228 valence electrons. The first-order chi connectivity index (χ1) is 20.6. The van der Waals surface area contributed by atoms with Crippen LogP contribution in [0.5, 0.6) is 5.75 Å². The van der Waals surface area contributed by atoms with Crippen LogP contribution in [0.25, 0.3) is 11.3 Å². The quantitative estimate of drug-likeness (QED) is 0.287. The number of hydrogen-bond acceptors (Lipinski definition) is 9. The number of aromatic nitrogens is 2. The summed E-state index contributed by atoms with van der Waals surface area (Å²) in [6.45, 7) is 2.05. The van der Waals surface area contributed by atoms with Crippen molar-refractivity contribution in [1.29, 1.82) is 0 Å². The molecule has 13 heteroatoms. The van der Waals surface area contributed by atoms with Crippen molar-refractivity contribution in [3.63, 3.8) is 0 Å². The third-order valence-electron chi connectivity index (χ3n) is 7.98. The first kappa shape index (κ1) is 30.6. The zero-order valence-corrected chi connectivity index (χ0v) is 24.8. The number of fused-ring (bicyclic) bond motifs is 1. The summed E-state index contributed by atoms with van der Waals surface area (Å²) in [5, 5.41) is 27.6. The number of halogens is 2. The Bertz CT molecular complexity index is 1530. The predicted octanol–water partition coefficient (Wildman–Crippen LogP) is 3.02. The van der Waals surface area contributed by atoms with Gasteiger partial charge in [0.2, 0.25) is 17.8 Å². The number of nitrogens with zero attached hydrogens (tertiary/aromatic N) is 4. The van der Waals surface area contributed by atoms with Gasteiger partial charge < -0.3 is 30.5 Å². The van der Waals surface area contributed by atoms with E-state index in [-0.39, 0.29) is 17.7 Å². The number of aliphatic hydroxyl groups excluding tert-OH is 2. The Morgan fingerprint density at radius 2 is 2.07 bits per heavy atom. The summed E-state index contributed by atoms with van der Waals surface area (Å²) in [6, 6.07) is 7.85. The molecule has 2 amide bonds. The minimum atomic E-state index is -1.09. The van der Waals surface area contributed by atoms with E-state index in [1.165, 1.54) is 25.4 Å². The number of piperidine rings is 1. The summed E-state index contributed by atoms with van der Waals surface area (Å²) < 4.78 is 19.1. The number of likely N-dealkylation sites (tertiary alicyclic amines) is 1. The third kappa shape index (κ3) is 6.57. The second-order valence-electron chi connectivity index (χ2n) is 10.8. The van der Waals surface area contributed by atoms with Gasteiger partial charge in [-0.1, -0.05) is 23.7 Å². The van der Waals surface area contributed by atoms with E-state index in [2.05, 4.69) is 20.6 Å². The molecule has 2 unspecified atom stereocenters. The van der Waals surface area contributed by atoms with Crippen molar-refractivity contribution >= 4 is 29.4 Å². The van der Waals surface area contributed by atoms with Gasteiger partial charge in [0, 0.05) is 49.8 Å². The molecule has 1 aromatic heterocycles. The number of likely N-dealkylation sites (N-methyl/N-ethyl adjacent to an activating group) is 1. The van der Waals surface area contributed by atoms with Crippen LogP contribution in [-0.4, -0.2) is 81.2 Å². The number of benzene rings is 2. The zero-order chi connectivity index (χ0) is 30.8. The van der Waals surface area contributed by atoms with E-state index in [4.69, 9.17) is 16.3 Å². The van der Waals surface area contributed by atoms with Gasteiger partial charge in [-0.2, -0.15) is 0 Å². The molecule has 2 aliphatic heterocycles. The van der Waals surface area contributed by atoms with Crippen LogP contribution in [0.15, 0.2) is 42.6 Å². The summed E-state index contributed by atoms with van der Waals surface area (Å²) in [7, 11) is 3.17. The molecule has 0 saturated carbocycles. The van der Waals surface area contributed by atoms with Crippen LogP contribution >= 0.6 is 11.6 Å². The SMILES string of the molecule is COc1cc(F)cc([C@@H](CO)NC(=O)[C@@H](C)N2Cc3ccc(-c4nc(NC5CCC(=O)N(C)C5)ncc4Cl)cc3C2O)c1. The predicted molar refractivity (Wildman–Crippen MR) is 158 cm³/mol. The maximum Gasteiger partial charge on any atom is 0.237 e. The zero-order valence-electron chi connectivity index (χ0n) is 24.1. The molecule has 2 aromatic carbocycles. The van der Waals surface area contributed by atoms with Crippen LogP contribution in [0.3, 0.4) is 0 Å². The molecule has 5 rings (SSSR count). The van der Waals surface area contributed by atoms with Crippen molar-refractivity contribution in [3.05, 3.63) is 70.1 Å². The van der Waals surface area contributed by atoms with Gasteiger partial charge >= 0.3 is 0 Å². The largest absolute Gasteiger partial charge is 0.497 e. The van der Waals surface area contributed by atoms with Crippen molar-refractivity contribution < 1.29 is 28.9 Å². The van der Waals surface area contributed by atoms with Crippen LogP contribution in [0, 0.1) is 5.82 Å². The fraction of sp³-hybridized carbons (Fsp3) is 0.400. The second-order valence-corrected chi connectivity index (χ2v) is 11.3. The van der Waals surface area contributed by atoms with E-state index in [9.17, 15) is 24.2 Å². The average molecular weight is 613 g/mol. The summed E-state index contributed by atoms with van der Waals surface area (Å²) in [5.74, 6) is -0.245. The van der Waals surface area contributed by atoms with Crippen molar-refractivity contribution in [2.24, 2.45) is 0 Å². The molecule has 43 heavy (non-hydrogen) atoms. The molecular weight excluding hydrogens is 579 g/mol. The highest BCUT2D eigenvalue weighted by molar-refractivity contribution is 6.32. The smallest absolute Gasteiger partial charge is 0.237 e. The number of nitrogens with one attached hydrogen (secondary N) is 2. The first-order valence-corrected chi connectivity index (χ1v) is 14.3. The Labute approximate surface area is 253 Å². The molecule has 0 aliphatic carbocycles. The van der Waals surface area contributed by atoms with Crippen molar-refractivity contribution in [2.45, 2.75) is 50.7 Å². The number of aliphatic hydroxyl groups is 2. The minimum absolute atomic E-state index is 0.00753. The molecule has 0 radical (unpaired) electrons. The van der Waals surface area contributed by atoms with Gasteiger partial charge in [-0.3, -0.25) is 14.5 Å². The Kier molecular flexibility index (Phi) is 9.11. The van der Waals surface area contributed by atoms with E-state index in [0.717, 1.165) is 5.56 Å². The van der Waals surface area contributed by atoms with Crippen molar-refractivity contribution in [2.75, 3.05) is 32.6 Å². The number of methoxy groups -OCH3 is 1. The summed E-state index contributed by atoms with van der Waals surface area (Å²) >= 11 is 6.48.